The summed E-state index contributed by atoms with van der Waals surface area (Å²) < 4.78 is 1.74. The highest BCUT2D eigenvalue weighted by Gasteiger charge is 2.11. The molecule has 30 heavy (non-hydrogen) atoms. The van der Waals surface area contributed by atoms with Gasteiger partial charge in [-0.15, -0.1) is 11.3 Å². The molecule has 0 atom stereocenters. The number of thiazole rings is 1. The van der Waals surface area contributed by atoms with Crippen molar-refractivity contribution in [3.05, 3.63) is 92.1 Å². The van der Waals surface area contributed by atoms with E-state index in [2.05, 4.69) is 17.6 Å². The van der Waals surface area contributed by atoms with Crippen LogP contribution in [0.4, 0.5) is 5.69 Å². The Bertz CT molecular complexity index is 1230. The smallest absolute Gasteiger partial charge is 0.258 e. The molecule has 0 saturated carbocycles. The van der Waals surface area contributed by atoms with E-state index < -0.39 is 4.92 Å². The van der Waals surface area contributed by atoms with Crippen LogP contribution in [0.1, 0.15) is 25.0 Å². The first-order valence-corrected chi connectivity index (χ1v) is 9.93. The molecule has 0 N–H and O–H groups in total. The van der Waals surface area contributed by atoms with Crippen LogP contribution in [0.5, 0.6) is 0 Å². The molecule has 0 radical (unpaired) electrons. The van der Waals surface area contributed by atoms with Gasteiger partial charge in [0.25, 0.3) is 5.69 Å². The first-order valence-electron chi connectivity index (χ1n) is 9.05. The van der Waals surface area contributed by atoms with Crippen molar-refractivity contribution in [1.29, 1.82) is 5.26 Å². The normalized spacial score (nSPS) is 11.9. The molecule has 1 aromatic heterocycles. The van der Waals surface area contributed by atoms with Crippen LogP contribution < -0.4 is 4.80 Å². The van der Waals surface area contributed by atoms with Crippen LogP contribution in [0.25, 0.3) is 11.3 Å². The summed E-state index contributed by atoms with van der Waals surface area (Å²) in [5, 5.41) is 26.6. The highest BCUT2D eigenvalue weighted by Crippen LogP contribution is 2.23. The second kappa shape index (κ2) is 9.11. The minimum atomic E-state index is -0.424. The molecule has 0 aliphatic heterocycles. The summed E-state index contributed by atoms with van der Waals surface area (Å²) in [5.74, 6) is 0. The van der Waals surface area contributed by atoms with Crippen LogP contribution in [0.15, 0.2) is 76.2 Å². The fourth-order valence-electron chi connectivity index (χ4n) is 2.65. The Labute approximate surface area is 177 Å². The predicted molar refractivity (Wildman–Crippen MR) is 118 cm³/mol. The minimum Gasteiger partial charge on any atom is -0.258 e. The number of aromatic nitrogens is 1. The van der Waals surface area contributed by atoms with Gasteiger partial charge in [-0.3, -0.25) is 15.1 Å². The number of hydrogen-bond acceptors (Lipinski definition) is 6. The third kappa shape index (κ3) is 4.77. The van der Waals surface area contributed by atoms with Crippen LogP contribution in [0.2, 0.25) is 0 Å². The molecule has 0 spiro atoms. The van der Waals surface area contributed by atoms with Crippen molar-refractivity contribution in [2.24, 2.45) is 10.1 Å². The van der Waals surface area contributed by atoms with Gasteiger partial charge < -0.3 is 0 Å². The maximum Gasteiger partial charge on any atom is 0.269 e. The zero-order chi connectivity index (χ0) is 21.7. The van der Waals surface area contributed by atoms with Crippen molar-refractivity contribution in [2.45, 2.75) is 13.8 Å². The highest BCUT2D eigenvalue weighted by molar-refractivity contribution is 7.07. The van der Waals surface area contributed by atoms with Crippen molar-refractivity contribution in [3.63, 3.8) is 0 Å². The number of non-ortho nitro benzene ring substituents is 1. The number of nitriles is 1. The first kappa shape index (κ1) is 20.9. The summed E-state index contributed by atoms with van der Waals surface area (Å²) in [6, 6.07) is 15.6. The molecule has 0 unspecified atom stereocenters. The maximum absolute atomic E-state index is 11.0. The molecule has 0 amide bonds. The van der Waals surface area contributed by atoms with Crippen LogP contribution in [-0.4, -0.2) is 21.9 Å². The van der Waals surface area contributed by atoms with E-state index in [0.29, 0.717) is 16.9 Å². The van der Waals surface area contributed by atoms with Crippen LogP contribution in [0, 0.1) is 21.4 Å². The van der Waals surface area contributed by atoms with Gasteiger partial charge in [0.1, 0.15) is 0 Å². The predicted octanol–water partition coefficient (Wildman–Crippen LogP) is 4.75. The molecule has 3 rings (SSSR count). The Hall–Kier alpha value is -3.83. The van der Waals surface area contributed by atoms with Crippen molar-refractivity contribution in [2.75, 3.05) is 6.54 Å². The van der Waals surface area contributed by atoms with E-state index in [1.165, 1.54) is 23.5 Å². The number of rotatable bonds is 6. The molecule has 0 aliphatic rings. The van der Waals surface area contributed by atoms with E-state index in [0.717, 1.165) is 28.1 Å². The van der Waals surface area contributed by atoms with Gasteiger partial charge in [0.15, 0.2) is 0 Å². The summed E-state index contributed by atoms with van der Waals surface area (Å²) >= 11 is 1.44. The summed E-state index contributed by atoms with van der Waals surface area (Å²) in [7, 11) is 0. The van der Waals surface area contributed by atoms with Crippen LogP contribution in [0.3, 0.4) is 0 Å². The molecular weight excluding hydrogens is 398 g/mol. The van der Waals surface area contributed by atoms with Gasteiger partial charge in [-0.2, -0.15) is 10.4 Å². The Morgan fingerprint density at radius 3 is 2.43 bits per heavy atom. The van der Waals surface area contributed by atoms with Gasteiger partial charge in [-0.25, -0.2) is 4.68 Å². The van der Waals surface area contributed by atoms with E-state index in [1.807, 2.05) is 31.4 Å². The molecule has 7 nitrogen and oxygen atoms in total. The summed E-state index contributed by atoms with van der Waals surface area (Å²) in [6.07, 6.45) is 0. The average Bonchev–Trinajstić information content (AvgIpc) is 3.14. The first-order chi connectivity index (χ1) is 14.4. The molecule has 0 saturated heterocycles. The quantitative estimate of drug-likeness (QED) is 0.251. The highest BCUT2D eigenvalue weighted by atomic mass is 32.1. The number of nitro groups is 1. The largest absolute Gasteiger partial charge is 0.269 e. The average molecular weight is 417 g/mol. The lowest BCUT2D eigenvalue weighted by Crippen LogP contribution is -2.15. The van der Waals surface area contributed by atoms with Gasteiger partial charge in [0, 0.05) is 23.1 Å². The minimum absolute atomic E-state index is 0.0324. The standard InChI is InChI=1S/C22H19N5O2S/c1-15(2)13-24-22-26(25-16(3)18-6-4-17(12-23)5-7-18)21(14-30-22)19-8-10-20(11-9-19)27(28)29/h4-11,14H,1,13H2,2-3H3. The van der Waals surface area contributed by atoms with Crippen LogP contribution in [-0.2, 0) is 0 Å². The molecule has 0 aliphatic carbocycles. The zero-order valence-electron chi connectivity index (χ0n) is 16.6. The van der Waals surface area contributed by atoms with E-state index in [-0.39, 0.29) is 5.69 Å². The summed E-state index contributed by atoms with van der Waals surface area (Å²) in [6.45, 7) is 8.16. The number of nitrogens with zero attached hydrogens (tertiary/aromatic N) is 5. The molecule has 3 aromatic rings. The number of nitro benzene ring substituents is 1. The van der Waals surface area contributed by atoms with E-state index in [1.54, 1.807) is 28.9 Å². The third-order valence-corrected chi connectivity index (χ3v) is 5.08. The lowest BCUT2D eigenvalue weighted by atomic mass is 10.1. The van der Waals surface area contributed by atoms with Crippen LogP contribution >= 0.6 is 11.3 Å². The monoisotopic (exact) mass is 417 g/mol. The Kier molecular flexibility index (Phi) is 6.35. The molecule has 1 heterocycles. The zero-order valence-corrected chi connectivity index (χ0v) is 17.4. The molecule has 2 aromatic carbocycles. The third-order valence-electron chi connectivity index (χ3n) is 4.23. The van der Waals surface area contributed by atoms with Crippen molar-refractivity contribution in [3.8, 4) is 17.3 Å². The SMILES string of the molecule is C=C(C)CN=c1scc(-c2ccc([N+](=O)[O-])cc2)n1N=C(C)c1ccc(C#N)cc1. The van der Waals surface area contributed by atoms with Crippen molar-refractivity contribution >= 4 is 22.7 Å². The van der Waals surface area contributed by atoms with E-state index in [9.17, 15) is 10.1 Å². The van der Waals surface area contributed by atoms with Gasteiger partial charge in [-0.05, 0) is 43.7 Å². The van der Waals surface area contributed by atoms with Gasteiger partial charge in [-0.1, -0.05) is 24.3 Å². The lowest BCUT2D eigenvalue weighted by molar-refractivity contribution is -0.384. The lowest BCUT2D eigenvalue weighted by Gasteiger charge is -2.07. The van der Waals surface area contributed by atoms with Crippen molar-refractivity contribution < 1.29 is 4.92 Å². The van der Waals surface area contributed by atoms with Gasteiger partial charge >= 0.3 is 0 Å². The topological polar surface area (TPSA) is 96.6 Å². The van der Waals surface area contributed by atoms with Crippen molar-refractivity contribution in [1.82, 2.24) is 4.68 Å². The summed E-state index contributed by atoms with van der Waals surface area (Å²) in [4.78, 5) is 15.8. The molecule has 0 fully saturated rings. The molecule has 8 heteroatoms. The number of hydrogen-bond donors (Lipinski definition) is 0. The van der Waals surface area contributed by atoms with E-state index in [4.69, 9.17) is 10.4 Å². The Balaban J connectivity index is 2.10. The number of benzene rings is 2. The molecule has 150 valence electrons. The fourth-order valence-corrected chi connectivity index (χ4v) is 3.48. The Morgan fingerprint density at radius 2 is 1.87 bits per heavy atom. The summed E-state index contributed by atoms with van der Waals surface area (Å²) in [5.41, 5.74) is 4.75. The van der Waals surface area contributed by atoms with Gasteiger partial charge in [0.2, 0.25) is 4.80 Å². The Morgan fingerprint density at radius 1 is 1.20 bits per heavy atom. The van der Waals surface area contributed by atoms with E-state index >= 15 is 0 Å². The maximum atomic E-state index is 11.0. The second-order valence-electron chi connectivity index (χ2n) is 6.67. The molecular formula is C22H19N5O2S. The second-order valence-corrected chi connectivity index (χ2v) is 7.50. The van der Waals surface area contributed by atoms with Gasteiger partial charge in [0.05, 0.1) is 34.5 Å². The fraction of sp³-hybridized carbons (Fsp3) is 0.136. The molecule has 0 bridgehead atoms.